The Kier molecular flexibility index (Phi) is 6.63. The van der Waals surface area contributed by atoms with Crippen molar-refractivity contribution >= 4 is 11.8 Å². The Labute approximate surface area is 155 Å². The lowest BCUT2D eigenvalue weighted by atomic mass is 10.0. The minimum atomic E-state index is -0.0888. The van der Waals surface area contributed by atoms with Gasteiger partial charge in [-0.15, -0.1) is 0 Å². The quantitative estimate of drug-likeness (QED) is 0.709. The molecular formula is C20H30N4O2. The number of nitrogens with zero attached hydrogens (tertiary/aromatic N) is 1. The molecule has 2 amide bonds. The highest BCUT2D eigenvalue weighted by Crippen LogP contribution is 2.23. The zero-order chi connectivity index (χ0) is 18.4. The molecular weight excluding hydrogens is 328 g/mol. The molecule has 2 saturated heterocycles. The number of carbonyl (C=O) groups is 2. The molecule has 1 aromatic carbocycles. The first-order valence-electron chi connectivity index (χ1n) is 9.79. The fourth-order valence-electron chi connectivity index (χ4n) is 3.74. The fraction of sp³-hybridized carbons (Fsp3) is 0.600. The van der Waals surface area contributed by atoms with Gasteiger partial charge in [0.25, 0.3) is 0 Å². The molecule has 2 aliphatic heterocycles. The molecule has 26 heavy (non-hydrogen) atoms. The van der Waals surface area contributed by atoms with E-state index in [2.05, 4.69) is 47.1 Å². The predicted octanol–water partition coefficient (Wildman–Crippen LogP) is 0.980. The highest BCUT2D eigenvalue weighted by atomic mass is 16.2. The zero-order valence-electron chi connectivity index (χ0n) is 15.6. The number of nitrogens with one attached hydrogen (secondary N) is 3. The van der Waals surface area contributed by atoms with Crippen molar-refractivity contribution < 1.29 is 9.59 Å². The van der Waals surface area contributed by atoms with Gasteiger partial charge in [0, 0.05) is 32.6 Å². The number of aryl methyl sites for hydroxylation is 1. The van der Waals surface area contributed by atoms with Gasteiger partial charge in [0.2, 0.25) is 11.8 Å². The van der Waals surface area contributed by atoms with Gasteiger partial charge in [-0.25, -0.2) is 0 Å². The van der Waals surface area contributed by atoms with Crippen LogP contribution in [0, 0.1) is 0 Å². The van der Waals surface area contributed by atoms with Crippen LogP contribution in [0.1, 0.15) is 43.4 Å². The van der Waals surface area contributed by atoms with Crippen molar-refractivity contribution in [3.63, 3.8) is 0 Å². The van der Waals surface area contributed by atoms with Crippen molar-refractivity contribution in [2.24, 2.45) is 0 Å². The second kappa shape index (κ2) is 9.14. The normalized spacial score (nSPS) is 23.0. The lowest BCUT2D eigenvalue weighted by molar-refractivity contribution is -0.134. The van der Waals surface area contributed by atoms with Gasteiger partial charge in [-0.2, -0.15) is 0 Å². The molecule has 0 saturated carbocycles. The average molecular weight is 358 g/mol. The Morgan fingerprint density at radius 3 is 2.73 bits per heavy atom. The van der Waals surface area contributed by atoms with E-state index in [0.717, 1.165) is 38.9 Å². The van der Waals surface area contributed by atoms with Gasteiger partial charge in [-0.05, 0) is 36.9 Å². The molecule has 3 N–H and O–H groups in total. The Morgan fingerprint density at radius 1 is 1.23 bits per heavy atom. The van der Waals surface area contributed by atoms with Crippen molar-refractivity contribution in [1.82, 2.24) is 20.9 Å². The third-order valence-corrected chi connectivity index (χ3v) is 5.35. The van der Waals surface area contributed by atoms with Gasteiger partial charge in [-0.1, -0.05) is 31.2 Å². The highest BCUT2D eigenvalue weighted by molar-refractivity contribution is 5.83. The lowest BCUT2D eigenvalue weighted by Crippen LogP contribution is -2.49. The summed E-state index contributed by atoms with van der Waals surface area (Å²) in [4.78, 5) is 26.7. The largest absolute Gasteiger partial charge is 0.354 e. The summed E-state index contributed by atoms with van der Waals surface area (Å²) >= 11 is 0. The van der Waals surface area contributed by atoms with Crippen LogP contribution >= 0.6 is 0 Å². The average Bonchev–Trinajstić information content (AvgIpc) is 3.23. The zero-order valence-corrected chi connectivity index (χ0v) is 15.6. The van der Waals surface area contributed by atoms with Crippen LogP contribution in [0.3, 0.4) is 0 Å². The summed E-state index contributed by atoms with van der Waals surface area (Å²) in [5.74, 6) is 0.123. The Morgan fingerprint density at radius 2 is 2.04 bits per heavy atom. The van der Waals surface area contributed by atoms with Crippen molar-refractivity contribution in [2.45, 2.75) is 44.7 Å². The van der Waals surface area contributed by atoms with Gasteiger partial charge < -0.3 is 20.9 Å². The van der Waals surface area contributed by atoms with E-state index in [1.54, 1.807) is 0 Å². The topological polar surface area (TPSA) is 73.5 Å². The molecule has 2 atom stereocenters. The minimum Gasteiger partial charge on any atom is -0.354 e. The van der Waals surface area contributed by atoms with Crippen LogP contribution in [-0.4, -0.2) is 55.5 Å². The van der Waals surface area contributed by atoms with Crippen LogP contribution in [-0.2, 0) is 16.0 Å². The molecule has 0 spiro atoms. The molecule has 3 rings (SSSR count). The van der Waals surface area contributed by atoms with Crippen molar-refractivity contribution in [3.05, 3.63) is 35.4 Å². The Hall–Kier alpha value is -1.92. The molecule has 142 valence electrons. The van der Waals surface area contributed by atoms with Crippen molar-refractivity contribution in [2.75, 3.05) is 32.7 Å². The maximum Gasteiger partial charge on any atom is 0.237 e. The second-order valence-electron chi connectivity index (χ2n) is 7.09. The maximum absolute atomic E-state index is 12.7. The standard InChI is InChI=1S/C20H30N4O2/c1-2-15-5-7-16(8-6-15)18-14-21-12-13-24(18)19(25)9-11-23-20(26)17-4-3-10-22-17/h5-8,17-18,21-22H,2-4,9-14H2,1H3,(H,23,26). The first-order chi connectivity index (χ1) is 12.7. The fourth-order valence-corrected chi connectivity index (χ4v) is 3.74. The van der Waals surface area contributed by atoms with Crippen LogP contribution < -0.4 is 16.0 Å². The van der Waals surface area contributed by atoms with E-state index in [1.807, 2.05) is 4.90 Å². The van der Waals surface area contributed by atoms with Crippen LogP contribution in [0.2, 0.25) is 0 Å². The van der Waals surface area contributed by atoms with Crippen LogP contribution in [0.5, 0.6) is 0 Å². The van der Waals surface area contributed by atoms with Gasteiger partial charge in [-0.3, -0.25) is 9.59 Å². The summed E-state index contributed by atoms with van der Waals surface area (Å²) in [6.07, 6.45) is 3.28. The van der Waals surface area contributed by atoms with Gasteiger partial charge in [0.15, 0.2) is 0 Å². The summed E-state index contributed by atoms with van der Waals surface area (Å²) in [5, 5.41) is 9.47. The van der Waals surface area contributed by atoms with E-state index in [-0.39, 0.29) is 23.9 Å². The summed E-state index contributed by atoms with van der Waals surface area (Å²) in [7, 11) is 0. The predicted molar refractivity (Wildman–Crippen MR) is 102 cm³/mol. The molecule has 2 heterocycles. The Balaban J connectivity index is 1.54. The van der Waals surface area contributed by atoms with E-state index >= 15 is 0 Å². The third kappa shape index (κ3) is 4.62. The van der Waals surface area contributed by atoms with Crippen molar-refractivity contribution in [3.8, 4) is 0 Å². The van der Waals surface area contributed by atoms with Crippen LogP contribution in [0.15, 0.2) is 24.3 Å². The van der Waals surface area contributed by atoms with Gasteiger partial charge >= 0.3 is 0 Å². The number of rotatable bonds is 6. The summed E-state index contributed by atoms with van der Waals surface area (Å²) in [5.41, 5.74) is 2.47. The molecule has 2 aliphatic rings. The SMILES string of the molecule is CCc1ccc(C2CNCCN2C(=O)CCNC(=O)C2CCCN2)cc1. The van der Waals surface area contributed by atoms with E-state index < -0.39 is 0 Å². The van der Waals surface area contributed by atoms with Gasteiger partial charge in [0.1, 0.15) is 0 Å². The first kappa shape index (κ1) is 18.9. The highest BCUT2D eigenvalue weighted by Gasteiger charge is 2.28. The monoisotopic (exact) mass is 358 g/mol. The number of hydrogen-bond acceptors (Lipinski definition) is 4. The molecule has 0 aromatic heterocycles. The number of hydrogen-bond donors (Lipinski definition) is 3. The van der Waals surface area contributed by atoms with Crippen molar-refractivity contribution in [1.29, 1.82) is 0 Å². The third-order valence-electron chi connectivity index (χ3n) is 5.35. The smallest absolute Gasteiger partial charge is 0.237 e. The van der Waals surface area contributed by atoms with Crippen LogP contribution in [0.4, 0.5) is 0 Å². The molecule has 0 aliphatic carbocycles. The maximum atomic E-state index is 12.7. The lowest BCUT2D eigenvalue weighted by Gasteiger charge is -2.36. The summed E-state index contributed by atoms with van der Waals surface area (Å²) < 4.78 is 0. The molecule has 2 fully saturated rings. The van der Waals surface area contributed by atoms with Crippen LogP contribution in [0.25, 0.3) is 0 Å². The number of piperazine rings is 1. The summed E-state index contributed by atoms with van der Waals surface area (Å²) in [6.45, 7) is 5.74. The van der Waals surface area contributed by atoms with E-state index in [0.29, 0.717) is 19.5 Å². The molecule has 0 radical (unpaired) electrons. The first-order valence-corrected chi connectivity index (χ1v) is 9.79. The number of benzene rings is 1. The van der Waals surface area contributed by atoms with E-state index in [1.165, 1.54) is 11.1 Å². The van der Waals surface area contributed by atoms with E-state index in [9.17, 15) is 9.59 Å². The Bertz CT molecular complexity index is 611. The molecule has 0 bridgehead atoms. The second-order valence-corrected chi connectivity index (χ2v) is 7.09. The molecule has 2 unspecified atom stereocenters. The minimum absolute atomic E-state index is 0.0160. The van der Waals surface area contributed by atoms with Gasteiger partial charge in [0.05, 0.1) is 12.1 Å². The number of carbonyl (C=O) groups excluding carboxylic acids is 2. The molecule has 6 heteroatoms. The summed E-state index contributed by atoms with van der Waals surface area (Å²) in [6, 6.07) is 8.51. The number of amides is 2. The van der Waals surface area contributed by atoms with E-state index in [4.69, 9.17) is 0 Å². The molecule has 6 nitrogen and oxygen atoms in total. The molecule has 1 aromatic rings.